The van der Waals surface area contributed by atoms with Gasteiger partial charge in [0.2, 0.25) is 0 Å². The Balaban J connectivity index is 2.20. The molecule has 2 nitrogen and oxygen atoms in total. The smallest absolute Gasteiger partial charge is 0.164 e. The first kappa shape index (κ1) is 14.1. The summed E-state index contributed by atoms with van der Waals surface area (Å²) in [6.45, 7) is 13.4. The Kier molecular flexibility index (Phi) is 3.63. The third kappa shape index (κ3) is 2.65. The Morgan fingerprint density at radius 1 is 1.22 bits per heavy atom. The van der Waals surface area contributed by atoms with E-state index in [9.17, 15) is 0 Å². The van der Waals surface area contributed by atoms with Crippen LogP contribution >= 0.6 is 0 Å². The van der Waals surface area contributed by atoms with E-state index in [0.717, 1.165) is 12.8 Å². The van der Waals surface area contributed by atoms with E-state index >= 15 is 0 Å². The number of rotatable bonds is 1. The summed E-state index contributed by atoms with van der Waals surface area (Å²) in [6.07, 6.45) is 5.90. The maximum Gasteiger partial charge on any atom is 0.164 e. The van der Waals surface area contributed by atoms with Crippen LogP contribution < -0.4 is 0 Å². The summed E-state index contributed by atoms with van der Waals surface area (Å²) < 4.78 is 12.4. The zero-order valence-electron chi connectivity index (χ0n) is 12.7. The van der Waals surface area contributed by atoms with Crippen LogP contribution in [0.25, 0.3) is 0 Å². The molecule has 0 aromatic rings. The second-order valence-corrected chi connectivity index (χ2v) is 7.17. The third-order valence-corrected chi connectivity index (χ3v) is 4.73. The molecule has 104 valence electrons. The minimum Gasteiger partial charge on any atom is -0.349 e. The standard InChI is InChI=1S/C16H28O2/c1-11-7-8-16(6,12(2)9-11)14-17-13(3)10-15(4,5)18-14/h9,12-14H,7-8,10H2,1-6H3/t12-,13-,14+,16-/m0/s1. The van der Waals surface area contributed by atoms with Gasteiger partial charge in [0.25, 0.3) is 0 Å². The highest BCUT2D eigenvalue weighted by Gasteiger charge is 2.47. The average molecular weight is 252 g/mol. The minimum atomic E-state index is -0.0735. The Hall–Kier alpha value is -0.340. The molecule has 2 aliphatic rings. The van der Waals surface area contributed by atoms with Gasteiger partial charge in [-0.2, -0.15) is 0 Å². The summed E-state index contributed by atoms with van der Waals surface area (Å²) in [7, 11) is 0. The van der Waals surface area contributed by atoms with Crippen molar-refractivity contribution in [1.82, 2.24) is 0 Å². The molecule has 1 aliphatic heterocycles. The summed E-state index contributed by atoms with van der Waals surface area (Å²) in [4.78, 5) is 0. The van der Waals surface area contributed by atoms with Crippen LogP contribution in [-0.2, 0) is 9.47 Å². The lowest BCUT2D eigenvalue weighted by molar-refractivity contribution is -0.314. The first-order valence-electron chi connectivity index (χ1n) is 7.23. The molecule has 1 fully saturated rings. The fraction of sp³-hybridized carbons (Fsp3) is 0.875. The molecule has 18 heavy (non-hydrogen) atoms. The highest BCUT2D eigenvalue weighted by atomic mass is 16.7. The normalized spacial score (nSPS) is 44.6. The summed E-state index contributed by atoms with van der Waals surface area (Å²) >= 11 is 0. The van der Waals surface area contributed by atoms with Gasteiger partial charge >= 0.3 is 0 Å². The largest absolute Gasteiger partial charge is 0.349 e. The van der Waals surface area contributed by atoms with E-state index in [4.69, 9.17) is 9.47 Å². The number of hydrogen-bond acceptors (Lipinski definition) is 2. The lowest BCUT2D eigenvalue weighted by atomic mass is 9.69. The fourth-order valence-corrected chi connectivity index (χ4v) is 3.33. The van der Waals surface area contributed by atoms with Crippen molar-refractivity contribution in [3.63, 3.8) is 0 Å². The van der Waals surface area contributed by atoms with Crippen molar-refractivity contribution >= 4 is 0 Å². The second kappa shape index (κ2) is 4.64. The second-order valence-electron chi connectivity index (χ2n) is 7.17. The quantitative estimate of drug-likeness (QED) is 0.648. The zero-order valence-corrected chi connectivity index (χ0v) is 12.7. The van der Waals surface area contributed by atoms with E-state index in [2.05, 4.69) is 47.6 Å². The molecule has 0 N–H and O–H groups in total. The molecule has 0 saturated carbocycles. The lowest BCUT2D eigenvalue weighted by Crippen LogP contribution is -2.52. The minimum absolute atomic E-state index is 0.0682. The van der Waals surface area contributed by atoms with E-state index in [-0.39, 0.29) is 23.4 Å². The topological polar surface area (TPSA) is 18.5 Å². The molecule has 4 atom stereocenters. The molecule has 0 aromatic heterocycles. The number of allylic oxidation sites excluding steroid dienone is 2. The molecule has 0 radical (unpaired) electrons. The molecule has 0 unspecified atom stereocenters. The highest BCUT2D eigenvalue weighted by Crippen LogP contribution is 2.47. The van der Waals surface area contributed by atoms with Gasteiger partial charge in [0.1, 0.15) is 0 Å². The predicted molar refractivity (Wildman–Crippen MR) is 74.4 cm³/mol. The molecular weight excluding hydrogens is 224 g/mol. The van der Waals surface area contributed by atoms with Crippen LogP contribution in [0.1, 0.15) is 60.8 Å². The van der Waals surface area contributed by atoms with Crippen molar-refractivity contribution in [3.05, 3.63) is 11.6 Å². The SMILES string of the molecule is CC1=C[C@H](C)[C@@](C)([C@@H]2O[C@@H](C)CC(C)(C)O2)CC1. The summed E-state index contributed by atoms with van der Waals surface area (Å²) in [5, 5.41) is 0. The van der Waals surface area contributed by atoms with E-state index in [1.54, 1.807) is 0 Å². The van der Waals surface area contributed by atoms with Gasteiger partial charge in [-0.15, -0.1) is 0 Å². The van der Waals surface area contributed by atoms with Crippen molar-refractivity contribution < 1.29 is 9.47 Å². The monoisotopic (exact) mass is 252 g/mol. The Morgan fingerprint density at radius 3 is 2.44 bits per heavy atom. The Bertz CT molecular complexity index is 345. The van der Waals surface area contributed by atoms with Crippen molar-refractivity contribution in [3.8, 4) is 0 Å². The molecule has 2 heteroatoms. The van der Waals surface area contributed by atoms with Crippen LogP contribution in [0.2, 0.25) is 0 Å². The molecule has 1 aliphatic carbocycles. The van der Waals surface area contributed by atoms with Gasteiger partial charge < -0.3 is 9.47 Å². The van der Waals surface area contributed by atoms with E-state index in [1.807, 2.05) is 0 Å². The summed E-state index contributed by atoms with van der Waals surface area (Å²) in [6, 6.07) is 0. The molecule has 0 amide bonds. The van der Waals surface area contributed by atoms with Gasteiger partial charge in [0, 0.05) is 11.8 Å². The first-order valence-corrected chi connectivity index (χ1v) is 7.23. The van der Waals surface area contributed by atoms with Gasteiger partial charge in [-0.3, -0.25) is 0 Å². The van der Waals surface area contributed by atoms with Gasteiger partial charge in [-0.1, -0.05) is 25.5 Å². The van der Waals surface area contributed by atoms with Crippen LogP contribution in [0.15, 0.2) is 11.6 Å². The molecule has 1 saturated heterocycles. The molecule has 0 bridgehead atoms. The summed E-state index contributed by atoms with van der Waals surface area (Å²) in [5.74, 6) is 0.511. The van der Waals surface area contributed by atoms with Crippen LogP contribution in [0.3, 0.4) is 0 Å². The third-order valence-electron chi connectivity index (χ3n) is 4.73. The fourth-order valence-electron chi connectivity index (χ4n) is 3.33. The van der Waals surface area contributed by atoms with Crippen LogP contribution in [0.5, 0.6) is 0 Å². The lowest BCUT2D eigenvalue weighted by Gasteiger charge is -2.50. The molecule has 1 heterocycles. The van der Waals surface area contributed by atoms with Gasteiger partial charge in [-0.25, -0.2) is 0 Å². The van der Waals surface area contributed by atoms with Crippen LogP contribution in [0, 0.1) is 11.3 Å². The number of hydrogen-bond donors (Lipinski definition) is 0. The Morgan fingerprint density at radius 2 is 1.89 bits per heavy atom. The van der Waals surface area contributed by atoms with Crippen LogP contribution in [0.4, 0.5) is 0 Å². The van der Waals surface area contributed by atoms with Crippen molar-refractivity contribution in [2.45, 2.75) is 78.8 Å². The molecule has 2 rings (SSSR count). The zero-order chi connectivity index (χ0) is 13.6. The van der Waals surface area contributed by atoms with E-state index in [0.29, 0.717) is 5.92 Å². The van der Waals surface area contributed by atoms with Crippen molar-refractivity contribution in [2.24, 2.45) is 11.3 Å². The molecule has 0 spiro atoms. The van der Waals surface area contributed by atoms with Crippen LogP contribution in [-0.4, -0.2) is 18.0 Å². The first-order chi connectivity index (χ1) is 8.23. The highest BCUT2D eigenvalue weighted by molar-refractivity contribution is 5.11. The average Bonchev–Trinajstić information content (AvgIpc) is 2.21. The van der Waals surface area contributed by atoms with Crippen molar-refractivity contribution in [2.75, 3.05) is 0 Å². The van der Waals surface area contributed by atoms with Gasteiger partial charge in [0.05, 0.1) is 11.7 Å². The maximum absolute atomic E-state index is 6.24. The molecular formula is C16H28O2. The summed E-state index contributed by atoms with van der Waals surface area (Å²) in [5.41, 5.74) is 1.54. The van der Waals surface area contributed by atoms with Crippen molar-refractivity contribution in [1.29, 1.82) is 0 Å². The van der Waals surface area contributed by atoms with E-state index < -0.39 is 0 Å². The predicted octanol–water partition coefficient (Wildman–Crippen LogP) is 4.30. The van der Waals surface area contributed by atoms with E-state index in [1.165, 1.54) is 12.0 Å². The Labute approximate surface area is 112 Å². The van der Waals surface area contributed by atoms with Gasteiger partial charge in [-0.05, 0) is 46.5 Å². The van der Waals surface area contributed by atoms with Gasteiger partial charge in [0.15, 0.2) is 6.29 Å². The maximum atomic E-state index is 6.24. The molecule has 0 aromatic carbocycles. The number of ether oxygens (including phenoxy) is 2.